The molecule has 0 saturated carbocycles. The number of carbonyl (C=O) groups excluding carboxylic acids is 3. The van der Waals surface area contributed by atoms with Crippen LogP contribution in [0.4, 0.5) is 0 Å². The van der Waals surface area contributed by atoms with Gasteiger partial charge < -0.3 is 23.9 Å². The number of Topliss-reactive ketones (excluding diaryl/α,β-unsaturated/α-hetero) is 1. The number of pyridine rings is 1. The number of ketones is 1. The smallest absolute Gasteiger partial charge is 0.295 e. The van der Waals surface area contributed by atoms with Gasteiger partial charge in [-0.3, -0.25) is 14.4 Å². The Bertz CT molecular complexity index is 1420. The second-order valence-electron chi connectivity index (χ2n) is 8.03. The topological polar surface area (TPSA) is 135 Å². The Hall–Kier alpha value is -4.54. The summed E-state index contributed by atoms with van der Waals surface area (Å²) in [6, 6.07) is 8.98. The monoisotopic (exact) mass is 474 g/mol. The lowest BCUT2D eigenvalue weighted by atomic mass is 10.1. The van der Waals surface area contributed by atoms with E-state index in [-0.39, 0.29) is 30.5 Å². The van der Waals surface area contributed by atoms with Crippen LogP contribution in [0.25, 0.3) is 22.5 Å². The Labute approximate surface area is 199 Å². The second-order valence-corrected chi connectivity index (χ2v) is 8.03. The molecule has 3 aromatic heterocycles. The maximum atomic E-state index is 13.3. The van der Waals surface area contributed by atoms with Gasteiger partial charge in [-0.25, -0.2) is 4.98 Å². The van der Waals surface area contributed by atoms with Crippen molar-refractivity contribution in [2.75, 3.05) is 33.3 Å². The minimum absolute atomic E-state index is 0.0957. The minimum Gasteiger partial charge on any atom is -0.494 e. The Morgan fingerprint density at radius 2 is 1.74 bits per heavy atom. The van der Waals surface area contributed by atoms with E-state index >= 15 is 0 Å². The molecule has 5 rings (SSSR count). The van der Waals surface area contributed by atoms with Crippen LogP contribution in [-0.4, -0.2) is 80.9 Å². The molecule has 0 atom stereocenters. The van der Waals surface area contributed by atoms with Crippen molar-refractivity contribution in [3.8, 4) is 17.3 Å². The van der Waals surface area contributed by atoms with Gasteiger partial charge in [0.2, 0.25) is 5.89 Å². The minimum atomic E-state index is -0.684. The molecule has 2 amide bonds. The summed E-state index contributed by atoms with van der Waals surface area (Å²) in [7, 11) is 1.46. The van der Waals surface area contributed by atoms with E-state index < -0.39 is 11.7 Å². The number of aryl methyl sites for hydroxylation is 1. The average Bonchev–Trinajstić information content (AvgIpc) is 3.54. The molecule has 1 saturated heterocycles. The zero-order valence-electron chi connectivity index (χ0n) is 19.1. The number of aromatic nitrogens is 4. The first-order valence-corrected chi connectivity index (χ1v) is 11.0. The van der Waals surface area contributed by atoms with Crippen LogP contribution in [0.15, 0.2) is 47.1 Å². The zero-order chi connectivity index (χ0) is 24.5. The fourth-order valence-electron chi connectivity index (χ4n) is 4.14. The van der Waals surface area contributed by atoms with Gasteiger partial charge in [-0.2, -0.15) is 0 Å². The highest BCUT2D eigenvalue weighted by Crippen LogP contribution is 2.34. The summed E-state index contributed by atoms with van der Waals surface area (Å²) in [4.78, 5) is 49.5. The van der Waals surface area contributed by atoms with Crippen molar-refractivity contribution in [3.05, 3.63) is 59.7 Å². The molecule has 1 aromatic carbocycles. The van der Waals surface area contributed by atoms with E-state index in [0.29, 0.717) is 46.9 Å². The number of carbonyl (C=O) groups is 3. The van der Waals surface area contributed by atoms with Crippen molar-refractivity contribution in [2.24, 2.45) is 0 Å². The number of nitrogens with one attached hydrogen (secondary N) is 1. The normalized spacial score (nSPS) is 13.8. The molecule has 178 valence electrons. The predicted octanol–water partition coefficient (Wildman–Crippen LogP) is 2.10. The van der Waals surface area contributed by atoms with E-state index in [1.807, 2.05) is 18.2 Å². The largest absolute Gasteiger partial charge is 0.494 e. The summed E-state index contributed by atoms with van der Waals surface area (Å²) in [6.45, 7) is 2.86. The third-order valence-corrected chi connectivity index (χ3v) is 5.94. The van der Waals surface area contributed by atoms with Crippen LogP contribution < -0.4 is 4.74 Å². The van der Waals surface area contributed by atoms with Crippen LogP contribution in [0, 0.1) is 6.92 Å². The Morgan fingerprint density at radius 3 is 2.40 bits per heavy atom. The molecule has 35 heavy (non-hydrogen) atoms. The molecule has 0 unspecified atom stereocenters. The molecule has 1 N–H and O–H groups in total. The molecule has 4 heterocycles. The molecule has 11 nitrogen and oxygen atoms in total. The Balaban J connectivity index is 1.37. The van der Waals surface area contributed by atoms with Gasteiger partial charge in [0.1, 0.15) is 5.75 Å². The number of fused-ring (bicyclic) bond motifs is 1. The molecular weight excluding hydrogens is 452 g/mol. The van der Waals surface area contributed by atoms with Gasteiger partial charge in [-0.1, -0.05) is 18.2 Å². The highest BCUT2D eigenvalue weighted by Gasteiger charge is 2.31. The third kappa shape index (κ3) is 4.01. The van der Waals surface area contributed by atoms with Crippen molar-refractivity contribution >= 4 is 28.5 Å². The lowest BCUT2D eigenvalue weighted by Gasteiger charge is -2.34. The molecule has 0 aliphatic carbocycles. The Morgan fingerprint density at radius 1 is 1.03 bits per heavy atom. The van der Waals surface area contributed by atoms with E-state index in [1.165, 1.54) is 24.4 Å². The highest BCUT2D eigenvalue weighted by molar-refractivity contribution is 6.45. The van der Waals surface area contributed by atoms with Crippen LogP contribution in [0.3, 0.4) is 0 Å². The van der Waals surface area contributed by atoms with Gasteiger partial charge in [0, 0.05) is 44.9 Å². The zero-order valence-corrected chi connectivity index (χ0v) is 19.1. The number of rotatable bonds is 5. The van der Waals surface area contributed by atoms with Gasteiger partial charge >= 0.3 is 0 Å². The van der Waals surface area contributed by atoms with Gasteiger partial charge in [0.25, 0.3) is 23.5 Å². The number of nitrogens with zero attached hydrogens (tertiary/aromatic N) is 5. The van der Waals surface area contributed by atoms with Gasteiger partial charge in [0.05, 0.1) is 29.8 Å². The number of piperazine rings is 1. The van der Waals surface area contributed by atoms with Crippen molar-refractivity contribution in [1.82, 2.24) is 30.0 Å². The molecule has 1 aliphatic rings. The number of aromatic amines is 1. The van der Waals surface area contributed by atoms with Crippen LogP contribution in [0.5, 0.6) is 5.75 Å². The van der Waals surface area contributed by atoms with Crippen molar-refractivity contribution < 1.29 is 23.5 Å². The first kappa shape index (κ1) is 22.3. The summed E-state index contributed by atoms with van der Waals surface area (Å²) in [6.07, 6.45) is 2.90. The van der Waals surface area contributed by atoms with E-state index in [4.69, 9.17) is 9.15 Å². The second kappa shape index (κ2) is 9.01. The molecule has 1 fully saturated rings. The van der Waals surface area contributed by atoms with Crippen LogP contribution >= 0.6 is 0 Å². The maximum absolute atomic E-state index is 13.3. The summed E-state index contributed by atoms with van der Waals surface area (Å²) < 4.78 is 10.9. The number of hydrogen-bond acceptors (Lipinski definition) is 8. The van der Waals surface area contributed by atoms with Crippen molar-refractivity contribution in [1.29, 1.82) is 0 Å². The summed E-state index contributed by atoms with van der Waals surface area (Å²) >= 11 is 0. The number of amides is 2. The first-order valence-electron chi connectivity index (χ1n) is 11.0. The van der Waals surface area contributed by atoms with Crippen molar-refractivity contribution in [2.45, 2.75) is 6.92 Å². The van der Waals surface area contributed by atoms with Gasteiger partial charge in [0.15, 0.2) is 5.69 Å². The molecule has 11 heteroatoms. The molecule has 1 aliphatic heterocycles. The molecular formula is C24H22N6O5. The molecule has 0 spiro atoms. The summed E-state index contributed by atoms with van der Waals surface area (Å²) in [5.41, 5.74) is 1.54. The number of methoxy groups -OCH3 is 1. The van der Waals surface area contributed by atoms with Gasteiger partial charge in [-0.15, -0.1) is 10.2 Å². The number of H-pyrrole nitrogens is 1. The SMILES string of the molecule is COc1cnc(-c2nnc(C)o2)c2[nH]cc(C(=O)C(=O)N3CCN(C(=O)c4ccccc4)CC3)c12. The van der Waals surface area contributed by atoms with E-state index in [9.17, 15) is 14.4 Å². The first-order chi connectivity index (χ1) is 17.0. The molecule has 0 radical (unpaired) electrons. The van der Waals surface area contributed by atoms with Crippen LogP contribution in [-0.2, 0) is 4.79 Å². The fourth-order valence-corrected chi connectivity index (χ4v) is 4.14. The average molecular weight is 474 g/mol. The van der Waals surface area contributed by atoms with E-state index in [1.54, 1.807) is 24.0 Å². The standard InChI is InChI=1S/C24H22N6O5/c1-14-27-28-22(35-14)20-19-18(17(34-2)13-26-20)16(12-25-19)21(31)24(33)30-10-8-29(9-11-30)23(32)15-6-4-3-5-7-15/h3-7,12-13,25H,8-11H2,1-2H3. The fraction of sp³-hybridized carbons (Fsp3) is 0.250. The van der Waals surface area contributed by atoms with Crippen LogP contribution in [0.1, 0.15) is 26.6 Å². The quantitative estimate of drug-likeness (QED) is 0.343. The molecule has 4 aromatic rings. The number of hydrogen-bond donors (Lipinski definition) is 1. The predicted molar refractivity (Wildman–Crippen MR) is 124 cm³/mol. The third-order valence-electron chi connectivity index (χ3n) is 5.94. The number of ether oxygens (including phenoxy) is 1. The lowest BCUT2D eigenvalue weighted by Crippen LogP contribution is -2.52. The summed E-state index contributed by atoms with van der Waals surface area (Å²) in [5, 5.41) is 8.23. The molecule has 0 bridgehead atoms. The van der Waals surface area contributed by atoms with Crippen LogP contribution in [0.2, 0.25) is 0 Å². The van der Waals surface area contributed by atoms with Gasteiger partial charge in [-0.05, 0) is 12.1 Å². The van der Waals surface area contributed by atoms with E-state index in [0.717, 1.165) is 0 Å². The maximum Gasteiger partial charge on any atom is 0.295 e. The Kier molecular flexibility index (Phi) is 5.73. The van der Waals surface area contributed by atoms with E-state index in [2.05, 4.69) is 20.2 Å². The lowest BCUT2D eigenvalue weighted by molar-refractivity contribution is -0.127. The van der Waals surface area contributed by atoms with Crippen molar-refractivity contribution in [3.63, 3.8) is 0 Å². The number of benzene rings is 1. The highest BCUT2D eigenvalue weighted by atomic mass is 16.5. The summed E-state index contributed by atoms with van der Waals surface area (Å²) in [5.74, 6) is -0.546.